The van der Waals surface area contributed by atoms with Gasteiger partial charge in [0, 0.05) is 5.02 Å². The number of halogens is 1. The van der Waals surface area contributed by atoms with E-state index in [1.807, 2.05) is 0 Å². The zero-order chi connectivity index (χ0) is 14.8. The number of para-hydroxylation sites is 1. The molecule has 0 saturated carbocycles. The van der Waals surface area contributed by atoms with Crippen LogP contribution in [0.1, 0.15) is 5.56 Å². The van der Waals surface area contributed by atoms with E-state index in [-0.39, 0.29) is 4.90 Å². The number of nitrogens with one attached hydrogen (secondary N) is 2. The number of sulfonamides is 1. The molecule has 0 aliphatic heterocycles. The van der Waals surface area contributed by atoms with Crippen LogP contribution in [-0.4, -0.2) is 8.42 Å². The predicted octanol–water partition coefficient (Wildman–Crippen LogP) is 2.73. The number of aryl methyl sites for hydroxylation is 1. The number of benzene rings is 2. The highest BCUT2D eigenvalue weighted by Gasteiger charge is 2.18. The Bertz CT molecular complexity index is 732. The summed E-state index contributed by atoms with van der Waals surface area (Å²) in [5.41, 5.74) is 3.90. The highest BCUT2D eigenvalue weighted by Crippen LogP contribution is 2.26. The van der Waals surface area contributed by atoms with Crippen LogP contribution < -0.4 is 16.0 Å². The van der Waals surface area contributed by atoms with Crippen LogP contribution in [0.4, 0.5) is 11.4 Å². The number of hydrazine groups is 1. The Morgan fingerprint density at radius 3 is 2.50 bits per heavy atom. The van der Waals surface area contributed by atoms with Crippen LogP contribution in [0.2, 0.25) is 5.02 Å². The van der Waals surface area contributed by atoms with Crippen LogP contribution >= 0.6 is 11.6 Å². The molecule has 0 unspecified atom stereocenters. The summed E-state index contributed by atoms with van der Waals surface area (Å²) in [5.74, 6) is 5.33. The van der Waals surface area contributed by atoms with Crippen molar-refractivity contribution in [3.63, 3.8) is 0 Å². The molecular weight excluding hydrogens is 298 g/mol. The van der Waals surface area contributed by atoms with E-state index in [9.17, 15) is 8.42 Å². The van der Waals surface area contributed by atoms with Gasteiger partial charge >= 0.3 is 0 Å². The van der Waals surface area contributed by atoms with Crippen molar-refractivity contribution in [3.8, 4) is 0 Å². The van der Waals surface area contributed by atoms with Crippen molar-refractivity contribution < 1.29 is 8.42 Å². The van der Waals surface area contributed by atoms with E-state index in [4.69, 9.17) is 17.4 Å². The second kappa shape index (κ2) is 5.70. The minimum absolute atomic E-state index is 0.0712. The maximum atomic E-state index is 12.4. The van der Waals surface area contributed by atoms with Crippen molar-refractivity contribution in [2.45, 2.75) is 11.8 Å². The quantitative estimate of drug-likeness (QED) is 0.599. The van der Waals surface area contributed by atoms with Crippen molar-refractivity contribution in [3.05, 3.63) is 53.1 Å². The van der Waals surface area contributed by atoms with Crippen molar-refractivity contribution in [1.82, 2.24) is 0 Å². The lowest BCUT2D eigenvalue weighted by Gasteiger charge is -2.13. The van der Waals surface area contributed by atoms with Crippen LogP contribution in [0.15, 0.2) is 47.4 Å². The van der Waals surface area contributed by atoms with E-state index in [0.29, 0.717) is 16.4 Å². The molecule has 20 heavy (non-hydrogen) atoms. The first-order chi connectivity index (χ1) is 9.44. The second-order valence-corrected chi connectivity index (χ2v) is 6.29. The summed E-state index contributed by atoms with van der Waals surface area (Å²) in [4.78, 5) is 0.0712. The highest BCUT2D eigenvalue weighted by atomic mass is 35.5. The number of hydrogen-bond donors (Lipinski definition) is 3. The fraction of sp³-hybridized carbons (Fsp3) is 0.0769. The van der Waals surface area contributed by atoms with Gasteiger partial charge in [-0.3, -0.25) is 10.6 Å². The Balaban J connectivity index is 2.43. The van der Waals surface area contributed by atoms with Crippen molar-refractivity contribution in [2.24, 2.45) is 5.84 Å². The Kier molecular flexibility index (Phi) is 4.17. The molecule has 0 bridgehead atoms. The maximum absolute atomic E-state index is 12.4. The third-order valence-corrected chi connectivity index (χ3v) is 4.43. The summed E-state index contributed by atoms with van der Waals surface area (Å²) in [6.45, 7) is 1.79. The lowest BCUT2D eigenvalue weighted by molar-refractivity contribution is 0.601. The molecule has 0 radical (unpaired) electrons. The lowest BCUT2D eigenvalue weighted by atomic mass is 10.2. The predicted molar refractivity (Wildman–Crippen MR) is 81.2 cm³/mol. The smallest absolute Gasteiger partial charge is 0.264 e. The van der Waals surface area contributed by atoms with Gasteiger partial charge in [-0.1, -0.05) is 29.8 Å². The fourth-order valence-corrected chi connectivity index (χ4v) is 3.19. The van der Waals surface area contributed by atoms with Gasteiger partial charge in [0.1, 0.15) is 4.90 Å². The molecule has 2 rings (SSSR count). The Morgan fingerprint density at radius 1 is 1.10 bits per heavy atom. The van der Waals surface area contributed by atoms with Crippen LogP contribution in [0.5, 0.6) is 0 Å². The molecular formula is C13H14ClN3O2S. The van der Waals surface area contributed by atoms with Gasteiger partial charge in [0.05, 0.1) is 11.4 Å². The average Bonchev–Trinajstić information content (AvgIpc) is 2.42. The molecule has 0 aliphatic rings. The minimum atomic E-state index is -3.75. The normalized spacial score (nSPS) is 11.2. The van der Waals surface area contributed by atoms with Gasteiger partial charge in [-0.2, -0.15) is 0 Å². The molecule has 4 N–H and O–H groups in total. The molecule has 5 nitrogen and oxygen atoms in total. The van der Waals surface area contributed by atoms with E-state index in [1.165, 1.54) is 6.07 Å². The standard InChI is InChI=1S/C13H14ClN3O2S/c1-9-6-7-10(14)8-12(9)17-20(18,19)13-5-3-2-4-11(13)16-15/h2-8,16-17H,15H2,1H3. The van der Waals surface area contributed by atoms with Gasteiger partial charge in [0.15, 0.2) is 0 Å². The molecule has 106 valence electrons. The fourth-order valence-electron chi connectivity index (χ4n) is 1.72. The first-order valence-corrected chi connectivity index (χ1v) is 7.65. The van der Waals surface area contributed by atoms with Crippen molar-refractivity contribution in [1.29, 1.82) is 0 Å². The van der Waals surface area contributed by atoms with Crippen molar-refractivity contribution in [2.75, 3.05) is 10.1 Å². The van der Waals surface area contributed by atoms with E-state index in [1.54, 1.807) is 43.3 Å². The van der Waals surface area contributed by atoms with E-state index >= 15 is 0 Å². The van der Waals surface area contributed by atoms with Crippen LogP contribution in [0.25, 0.3) is 0 Å². The zero-order valence-corrected chi connectivity index (χ0v) is 12.3. The first-order valence-electron chi connectivity index (χ1n) is 5.78. The van der Waals surface area contributed by atoms with Crippen LogP contribution in [0, 0.1) is 6.92 Å². The van der Waals surface area contributed by atoms with E-state index < -0.39 is 10.0 Å². The molecule has 0 aromatic heterocycles. The Labute approximate surface area is 122 Å². The molecule has 0 atom stereocenters. The number of nitrogens with two attached hydrogens (primary N) is 1. The van der Waals surface area contributed by atoms with Crippen LogP contribution in [-0.2, 0) is 10.0 Å². The van der Waals surface area contributed by atoms with Gasteiger partial charge < -0.3 is 5.43 Å². The summed E-state index contributed by atoms with van der Waals surface area (Å²) >= 11 is 5.88. The van der Waals surface area contributed by atoms with Crippen molar-refractivity contribution >= 4 is 33.0 Å². The summed E-state index contributed by atoms with van der Waals surface area (Å²) in [5, 5.41) is 0.457. The zero-order valence-electron chi connectivity index (χ0n) is 10.7. The molecule has 0 heterocycles. The maximum Gasteiger partial charge on any atom is 0.264 e. The molecule has 0 spiro atoms. The number of rotatable bonds is 4. The largest absolute Gasteiger partial charge is 0.323 e. The van der Waals surface area contributed by atoms with E-state index in [2.05, 4.69) is 10.1 Å². The number of nitrogen functional groups attached to an aromatic ring is 1. The highest BCUT2D eigenvalue weighted by molar-refractivity contribution is 7.92. The summed E-state index contributed by atoms with van der Waals surface area (Å²) in [6, 6.07) is 11.4. The first kappa shape index (κ1) is 14.6. The summed E-state index contributed by atoms with van der Waals surface area (Å²) in [7, 11) is -3.75. The SMILES string of the molecule is Cc1ccc(Cl)cc1NS(=O)(=O)c1ccccc1NN. The molecule has 0 saturated heterocycles. The molecule has 7 heteroatoms. The molecule has 2 aromatic rings. The topological polar surface area (TPSA) is 84.2 Å². The van der Waals surface area contributed by atoms with Gasteiger partial charge in [0.25, 0.3) is 10.0 Å². The Morgan fingerprint density at radius 2 is 1.80 bits per heavy atom. The summed E-state index contributed by atoms with van der Waals surface area (Å²) in [6.07, 6.45) is 0. The van der Waals surface area contributed by atoms with E-state index in [0.717, 1.165) is 5.56 Å². The lowest BCUT2D eigenvalue weighted by Crippen LogP contribution is -2.17. The third kappa shape index (κ3) is 3.04. The molecule has 0 fully saturated rings. The minimum Gasteiger partial charge on any atom is -0.323 e. The van der Waals surface area contributed by atoms with Gasteiger partial charge in [-0.15, -0.1) is 0 Å². The second-order valence-electron chi connectivity index (χ2n) is 4.21. The van der Waals surface area contributed by atoms with Gasteiger partial charge in [0.2, 0.25) is 0 Å². The van der Waals surface area contributed by atoms with Gasteiger partial charge in [-0.25, -0.2) is 8.42 Å². The molecule has 0 amide bonds. The Hall–Kier alpha value is -1.76. The monoisotopic (exact) mass is 311 g/mol. The van der Waals surface area contributed by atoms with Crippen LogP contribution in [0.3, 0.4) is 0 Å². The molecule has 2 aromatic carbocycles. The van der Waals surface area contributed by atoms with Gasteiger partial charge in [-0.05, 0) is 36.8 Å². The average molecular weight is 312 g/mol. The number of anilines is 2. The third-order valence-electron chi connectivity index (χ3n) is 2.78. The molecule has 0 aliphatic carbocycles. The summed E-state index contributed by atoms with van der Waals surface area (Å²) < 4.78 is 27.3. The number of hydrogen-bond acceptors (Lipinski definition) is 4.